The Morgan fingerprint density at radius 3 is 2.59 bits per heavy atom. The Balaban J connectivity index is 1.71. The highest BCUT2D eigenvalue weighted by atomic mass is 35.5. The van der Waals surface area contributed by atoms with Crippen LogP contribution in [-0.2, 0) is 0 Å². The minimum Gasteiger partial charge on any atom is -0.493 e. The van der Waals surface area contributed by atoms with Crippen molar-refractivity contribution < 1.29 is 14.0 Å². The number of halogens is 1. The highest BCUT2D eigenvalue weighted by molar-refractivity contribution is 6.31. The van der Waals surface area contributed by atoms with E-state index in [2.05, 4.69) is 20.5 Å². The van der Waals surface area contributed by atoms with E-state index in [1.807, 2.05) is 38.1 Å². The summed E-state index contributed by atoms with van der Waals surface area (Å²) < 4.78 is 17.7. The van der Waals surface area contributed by atoms with Gasteiger partial charge in [-0.05, 0) is 49.7 Å². The standard InChI is InChI=1S/C20H18ClN5O3/c1-11-14(21)6-5-7-15(11)26-12(2)18(23-25-26)20-22-19(24-29-20)13-8-9-16(27-3)17(10-13)28-4/h5-10H,1-4H3. The van der Waals surface area contributed by atoms with Gasteiger partial charge in [0.25, 0.3) is 5.89 Å². The molecule has 0 amide bonds. The van der Waals surface area contributed by atoms with Gasteiger partial charge in [-0.1, -0.05) is 28.0 Å². The summed E-state index contributed by atoms with van der Waals surface area (Å²) >= 11 is 6.24. The molecule has 4 rings (SSSR count). The quantitative estimate of drug-likeness (QED) is 0.484. The molecule has 2 aromatic carbocycles. The molecule has 0 aliphatic rings. The van der Waals surface area contributed by atoms with Crippen LogP contribution in [0, 0.1) is 13.8 Å². The maximum absolute atomic E-state index is 6.24. The van der Waals surface area contributed by atoms with E-state index in [0.29, 0.717) is 28.0 Å². The van der Waals surface area contributed by atoms with Crippen LogP contribution >= 0.6 is 11.6 Å². The van der Waals surface area contributed by atoms with Gasteiger partial charge in [0.2, 0.25) is 5.82 Å². The van der Waals surface area contributed by atoms with Gasteiger partial charge in [0.1, 0.15) is 0 Å². The third-order valence-electron chi connectivity index (χ3n) is 4.63. The van der Waals surface area contributed by atoms with Crippen LogP contribution in [0.2, 0.25) is 5.02 Å². The van der Waals surface area contributed by atoms with E-state index in [1.54, 1.807) is 31.0 Å². The summed E-state index contributed by atoms with van der Waals surface area (Å²) in [5, 5.41) is 13.2. The summed E-state index contributed by atoms with van der Waals surface area (Å²) in [6.45, 7) is 3.82. The topological polar surface area (TPSA) is 88.1 Å². The molecule has 0 saturated carbocycles. The summed E-state index contributed by atoms with van der Waals surface area (Å²) in [6, 6.07) is 11.0. The zero-order chi connectivity index (χ0) is 20.5. The second-order valence-electron chi connectivity index (χ2n) is 6.31. The van der Waals surface area contributed by atoms with Gasteiger partial charge in [-0.15, -0.1) is 5.10 Å². The zero-order valence-electron chi connectivity index (χ0n) is 16.3. The van der Waals surface area contributed by atoms with Crippen molar-refractivity contribution in [2.75, 3.05) is 14.2 Å². The Bertz CT molecular complexity index is 1180. The number of hydrogen-bond acceptors (Lipinski definition) is 7. The second kappa shape index (κ2) is 7.56. The summed E-state index contributed by atoms with van der Waals surface area (Å²) in [7, 11) is 3.15. The lowest BCUT2D eigenvalue weighted by atomic mass is 10.2. The molecule has 0 fully saturated rings. The van der Waals surface area contributed by atoms with Crippen LogP contribution in [0.1, 0.15) is 11.3 Å². The third-order valence-corrected chi connectivity index (χ3v) is 5.04. The maximum atomic E-state index is 6.24. The smallest absolute Gasteiger partial charge is 0.280 e. The van der Waals surface area contributed by atoms with Crippen molar-refractivity contribution in [3.8, 4) is 40.2 Å². The molecule has 0 atom stereocenters. The predicted octanol–water partition coefficient (Wildman–Crippen LogP) is 4.27. The largest absolute Gasteiger partial charge is 0.493 e. The first kappa shape index (κ1) is 18.9. The molecule has 148 valence electrons. The molecule has 0 unspecified atom stereocenters. The summed E-state index contributed by atoms with van der Waals surface area (Å²) in [5.41, 5.74) is 3.74. The lowest BCUT2D eigenvalue weighted by Gasteiger charge is -2.08. The van der Waals surface area contributed by atoms with Gasteiger partial charge in [0.05, 0.1) is 25.6 Å². The van der Waals surface area contributed by atoms with E-state index in [0.717, 1.165) is 22.5 Å². The van der Waals surface area contributed by atoms with Crippen molar-refractivity contribution >= 4 is 11.6 Å². The van der Waals surface area contributed by atoms with E-state index in [4.69, 9.17) is 25.6 Å². The van der Waals surface area contributed by atoms with Crippen molar-refractivity contribution in [2.24, 2.45) is 0 Å². The fourth-order valence-corrected chi connectivity index (χ4v) is 3.16. The van der Waals surface area contributed by atoms with Crippen molar-refractivity contribution in [2.45, 2.75) is 13.8 Å². The number of rotatable bonds is 5. The molecule has 2 heterocycles. The van der Waals surface area contributed by atoms with Gasteiger partial charge in [-0.2, -0.15) is 4.98 Å². The minimum atomic E-state index is 0.276. The lowest BCUT2D eigenvalue weighted by Crippen LogP contribution is -2.01. The molecule has 8 nitrogen and oxygen atoms in total. The normalized spacial score (nSPS) is 10.9. The van der Waals surface area contributed by atoms with E-state index in [-0.39, 0.29) is 5.89 Å². The predicted molar refractivity (Wildman–Crippen MR) is 108 cm³/mol. The third kappa shape index (κ3) is 3.31. The maximum Gasteiger partial charge on any atom is 0.280 e. The Kier molecular flexibility index (Phi) is 4.94. The van der Waals surface area contributed by atoms with Crippen LogP contribution in [0.5, 0.6) is 11.5 Å². The molecule has 0 radical (unpaired) electrons. The number of aromatic nitrogens is 5. The summed E-state index contributed by atoms with van der Waals surface area (Å²) in [6.07, 6.45) is 0. The Hall–Kier alpha value is -3.39. The number of benzene rings is 2. The minimum absolute atomic E-state index is 0.276. The fourth-order valence-electron chi connectivity index (χ4n) is 2.99. The lowest BCUT2D eigenvalue weighted by molar-refractivity contribution is 0.355. The highest BCUT2D eigenvalue weighted by Crippen LogP contribution is 2.32. The zero-order valence-corrected chi connectivity index (χ0v) is 17.1. The first-order valence-electron chi connectivity index (χ1n) is 8.77. The van der Waals surface area contributed by atoms with Gasteiger partial charge in [-0.3, -0.25) is 0 Å². The molecule has 4 aromatic rings. The van der Waals surface area contributed by atoms with Gasteiger partial charge in [-0.25, -0.2) is 4.68 Å². The van der Waals surface area contributed by atoms with Crippen LogP contribution in [0.25, 0.3) is 28.7 Å². The van der Waals surface area contributed by atoms with Gasteiger partial charge < -0.3 is 14.0 Å². The van der Waals surface area contributed by atoms with Crippen LogP contribution in [0.3, 0.4) is 0 Å². The molecule has 0 aliphatic carbocycles. The van der Waals surface area contributed by atoms with E-state index < -0.39 is 0 Å². The summed E-state index contributed by atoms with van der Waals surface area (Å²) in [4.78, 5) is 4.47. The molecule has 0 bridgehead atoms. The molecule has 0 spiro atoms. The molecular formula is C20H18ClN5O3. The summed E-state index contributed by atoms with van der Waals surface area (Å²) in [5.74, 6) is 1.89. The van der Waals surface area contributed by atoms with E-state index in [9.17, 15) is 0 Å². The first-order chi connectivity index (χ1) is 14.0. The van der Waals surface area contributed by atoms with E-state index in [1.165, 1.54) is 0 Å². The highest BCUT2D eigenvalue weighted by Gasteiger charge is 2.20. The van der Waals surface area contributed by atoms with Crippen molar-refractivity contribution in [3.05, 3.63) is 52.7 Å². The number of methoxy groups -OCH3 is 2. The molecule has 0 saturated heterocycles. The van der Waals surface area contributed by atoms with Crippen molar-refractivity contribution in [1.29, 1.82) is 0 Å². The van der Waals surface area contributed by atoms with Crippen LogP contribution in [0.4, 0.5) is 0 Å². The van der Waals surface area contributed by atoms with E-state index >= 15 is 0 Å². The fraction of sp³-hybridized carbons (Fsp3) is 0.200. The molecule has 0 N–H and O–H groups in total. The second-order valence-corrected chi connectivity index (χ2v) is 6.72. The molecule has 29 heavy (non-hydrogen) atoms. The van der Waals surface area contributed by atoms with Crippen LogP contribution in [0.15, 0.2) is 40.9 Å². The number of ether oxygens (including phenoxy) is 2. The Labute approximate surface area is 172 Å². The van der Waals surface area contributed by atoms with Crippen LogP contribution < -0.4 is 9.47 Å². The van der Waals surface area contributed by atoms with Crippen LogP contribution in [-0.4, -0.2) is 39.4 Å². The SMILES string of the molecule is COc1ccc(-c2noc(-c3nnn(-c4cccc(Cl)c4C)c3C)n2)cc1OC. The Morgan fingerprint density at radius 2 is 1.83 bits per heavy atom. The first-order valence-corrected chi connectivity index (χ1v) is 9.15. The number of nitrogens with zero attached hydrogens (tertiary/aromatic N) is 5. The van der Waals surface area contributed by atoms with Gasteiger partial charge in [0.15, 0.2) is 17.2 Å². The monoisotopic (exact) mass is 411 g/mol. The van der Waals surface area contributed by atoms with Gasteiger partial charge in [0, 0.05) is 10.6 Å². The molecule has 9 heteroatoms. The van der Waals surface area contributed by atoms with Crippen molar-refractivity contribution in [3.63, 3.8) is 0 Å². The molecular weight excluding hydrogens is 394 g/mol. The molecule has 2 aromatic heterocycles. The van der Waals surface area contributed by atoms with Crippen molar-refractivity contribution in [1.82, 2.24) is 25.1 Å². The van der Waals surface area contributed by atoms with Gasteiger partial charge >= 0.3 is 0 Å². The Morgan fingerprint density at radius 1 is 1.03 bits per heavy atom. The number of hydrogen-bond donors (Lipinski definition) is 0. The molecule has 0 aliphatic heterocycles. The average molecular weight is 412 g/mol. The average Bonchev–Trinajstić information content (AvgIpc) is 3.36.